The summed E-state index contributed by atoms with van der Waals surface area (Å²) in [4.78, 5) is 0. The minimum atomic E-state index is 0.123. The van der Waals surface area contributed by atoms with E-state index in [1.807, 2.05) is 43.3 Å². The quantitative estimate of drug-likeness (QED) is 0.670. The van der Waals surface area contributed by atoms with Crippen LogP contribution in [-0.4, -0.2) is 16.8 Å². The summed E-state index contributed by atoms with van der Waals surface area (Å²) >= 11 is 0. The summed E-state index contributed by atoms with van der Waals surface area (Å²) in [6.45, 7) is 9.16. The molecule has 0 aliphatic rings. The summed E-state index contributed by atoms with van der Waals surface area (Å²) in [5.41, 5.74) is 3.17. The lowest BCUT2D eigenvalue weighted by Crippen LogP contribution is -2.10. The zero-order valence-corrected chi connectivity index (χ0v) is 14.5. The third-order valence-electron chi connectivity index (χ3n) is 3.81. The summed E-state index contributed by atoms with van der Waals surface area (Å²) in [5, 5.41) is 8.34. The second kappa shape index (κ2) is 6.48. The Morgan fingerprint density at radius 1 is 0.917 bits per heavy atom. The minimum absolute atomic E-state index is 0.123. The molecule has 4 nitrogen and oxygen atoms in total. The van der Waals surface area contributed by atoms with Crippen molar-refractivity contribution in [1.82, 2.24) is 10.2 Å². The number of ether oxygens (including phenoxy) is 1. The highest BCUT2D eigenvalue weighted by atomic mass is 16.5. The van der Waals surface area contributed by atoms with Gasteiger partial charge in [-0.05, 0) is 48.2 Å². The maximum atomic E-state index is 5.84. The molecule has 0 saturated heterocycles. The molecule has 0 aliphatic carbocycles. The van der Waals surface area contributed by atoms with E-state index in [2.05, 4.69) is 43.1 Å². The van der Waals surface area contributed by atoms with Gasteiger partial charge in [0.15, 0.2) is 0 Å². The SMILES string of the molecule is CCOc1cccc(-c2nnc(-c3ccc(C(C)(C)C)cc3)o2)c1. The zero-order valence-electron chi connectivity index (χ0n) is 14.5. The van der Waals surface area contributed by atoms with E-state index < -0.39 is 0 Å². The molecular weight excluding hydrogens is 300 g/mol. The molecule has 0 unspecified atom stereocenters. The smallest absolute Gasteiger partial charge is 0.248 e. The van der Waals surface area contributed by atoms with Crippen molar-refractivity contribution >= 4 is 0 Å². The summed E-state index contributed by atoms with van der Waals surface area (Å²) in [6, 6.07) is 15.9. The van der Waals surface area contributed by atoms with Crippen LogP contribution in [0.4, 0.5) is 0 Å². The van der Waals surface area contributed by atoms with Crippen LogP contribution in [0.3, 0.4) is 0 Å². The van der Waals surface area contributed by atoms with Gasteiger partial charge in [-0.2, -0.15) is 0 Å². The number of rotatable bonds is 4. The summed E-state index contributed by atoms with van der Waals surface area (Å²) < 4.78 is 11.4. The van der Waals surface area contributed by atoms with E-state index in [4.69, 9.17) is 9.15 Å². The van der Waals surface area contributed by atoms with E-state index in [0.29, 0.717) is 18.4 Å². The Kier molecular flexibility index (Phi) is 4.38. The number of hydrogen-bond donors (Lipinski definition) is 0. The summed E-state index contributed by atoms with van der Waals surface area (Å²) in [6.07, 6.45) is 0. The van der Waals surface area contributed by atoms with Crippen molar-refractivity contribution in [2.45, 2.75) is 33.1 Å². The van der Waals surface area contributed by atoms with E-state index in [1.54, 1.807) is 0 Å². The van der Waals surface area contributed by atoms with Crippen LogP contribution < -0.4 is 4.74 Å². The Bertz CT molecular complexity index is 814. The molecule has 0 saturated carbocycles. The average Bonchev–Trinajstić information content (AvgIpc) is 3.05. The van der Waals surface area contributed by atoms with Gasteiger partial charge in [0.2, 0.25) is 11.8 Å². The Labute approximate surface area is 142 Å². The summed E-state index contributed by atoms with van der Waals surface area (Å²) in [7, 11) is 0. The highest BCUT2D eigenvalue weighted by Gasteiger charge is 2.15. The van der Waals surface area contributed by atoms with Gasteiger partial charge in [-0.25, -0.2) is 0 Å². The molecule has 0 aliphatic heterocycles. The van der Waals surface area contributed by atoms with E-state index in [9.17, 15) is 0 Å². The molecule has 24 heavy (non-hydrogen) atoms. The second-order valence-electron chi connectivity index (χ2n) is 6.70. The van der Waals surface area contributed by atoms with Crippen LogP contribution in [0.2, 0.25) is 0 Å². The van der Waals surface area contributed by atoms with Crippen LogP contribution in [-0.2, 0) is 5.41 Å². The predicted octanol–water partition coefficient (Wildman–Crippen LogP) is 5.10. The van der Waals surface area contributed by atoms with Crippen molar-refractivity contribution in [3.8, 4) is 28.7 Å². The highest BCUT2D eigenvalue weighted by Crippen LogP contribution is 2.28. The van der Waals surface area contributed by atoms with Gasteiger partial charge in [-0.3, -0.25) is 0 Å². The van der Waals surface area contributed by atoms with Crippen molar-refractivity contribution in [2.24, 2.45) is 0 Å². The Hall–Kier alpha value is -2.62. The van der Waals surface area contributed by atoms with Gasteiger partial charge in [0, 0.05) is 11.1 Å². The standard InChI is InChI=1S/C20H22N2O2/c1-5-23-17-8-6-7-15(13-17)19-22-21-18(24-19)14-9-11-16(12-10-14)20(2,3)4/h6-13H,5H2,1-4H3. The molecule has 0 radical (unpaired) electrons. The van der Waals surface area contributed by atoms with Crippen LogP contribution >= 0.6 is 0 Å². The molecule has 0 fully saturated rings. The van der Waals surface area contributed by atoms with Crippen LogP contribution in [0, 0.1) is 0 Å². The Balaban J connectivity index is 1.87. The monoisotopic (exact) mass is 322 g/mol. The van der Waals surface area contributed by atoms with Crippen molar-refractivity contribution < 1.29 is 9.15 Å². The third-order valence-corrected chi connectivity index (χ3v) is 3.81. The first kappa shape index (κ1) is 16.2. The molecule has 3 aromatic rings. The molecule has 3 rings (SSSR count). The van der Waals surface area contributed by atoms with Crippen molar-refractivity contribution in [2.75, 3.05) is 6.61 Å². The predicted molar refractivity (Wildman–Crippen MR) is 95.0 cm³/mol. The molecular formula is C20H22N2O2. The Morgan fingerprint density at radius 2 is 1.58 bits per heavy atom. The Morgan fingerprint density at radius 3 is 2.21 bits per heavy atom. The fourth-order valence-corrected chi connectivity index (χ4v) is 2.45. The van der Waals surface area contributed by atoms with Gasteiger partial charge in [0.05, 0.1) is 6.61 Å². The van der Waals surface area contributed by atoms with Gasteiger partial charge in [-0.1, -0.05) is 39.0 Å². The first-order valence-corrected chi connectivity index (χ1v) is 8.15. The van der Waals surface area contributed by atoms with Crippen LogP contribution in [0.1, 0.15) is 33.3 Å². The van der Waals surface area contributed by atoms with Crippen LogP contribution in [0.15, 0.2) is 52.9 Å². The second-order valence-corrected chi connectivity index (χ2v) is 6.70. The first-order valence-electron chi connectivity index (χ1n) is 8.15. The maximum absolute atomic E-state index is 5.84. The molecule has 2 aromatic carbocycles. The lowest BCUT2D eigenvalue weighted by Gasteiger charge is -2.18. The van der Waals surface area contributed by atoms with Gasteiger partial charge in [0.1, 0.15) is 5.75 Å². The molecule has 0 bridgehead atoms. The molecule has 4 heteroatoms. The largest absolute Gasteiger partial charge is 0.494 e. The minimum Gasteiger partial charge on any atom is -0.494 e. The normalized spacial score (nSPS) is 11.5. The lowest BCUT2D eigenvalue weighted by molar-refractivity contribution is 0.340. The van der Waals surface area contributed by atoms with Crippen molar-refractivity contribution in [3.05, 3.63) is 54.1 Å². The van der Waals surface area contributed by atoms with E-state index in [1.165, 1.54) is 5.56 Å². The van der Waals surface area contributed by atoms with Gasteiger partial charge in [0.25, 0.3) is 0 Å². The maximum Gasteiger partial charge on any atom is 0.248 e. The first-order chi connectivity index (χ1) is 11.5. The van der Waals surface area contributed by atoms with Gasteiger partial charge < -0.3 is 9.15 Å². The molecule has 124 valence electrons. The average molecular weight is 322 g/mol. The topological polar surface area (TPSA) is 48.2 Å². The number of nitrogens with zero attached hydrogens (tertiary/aromatic N) is 2. The van der Waals surface area contributed by atoms with Crippen molar-refractivity contribution in [1.29, 1.82) is 0 Å². The lowest BCUT2D eigenvalue weighted by atomic mass is 9.87. The molecule has 1 aromatic heterocycles. The van der Waals surface area contributed by atoms with E-state index in [-0.39, 0.29) is 5.41 Å². The van der Waals surface area contributed by atoms with E-state index in [0.717, 1.165) is 16.9 Å². The van der Waals surface area contributed by atoms with E-state index >= 15 is 0 Å². The molecule has 0 atom stereocenters. The molecule has 0 amide bonds. The number of hydrogen-bond acceptors (Lipinski definition) is 4. The zero-order chi connectivity index (χ0) is 17.2. The fourth-order valence-electron chi connectivity index (χ4n) is 2.45. The van der Waals surface area contributed by atoms with Crippen molar-refractivity contribution in [3.63, 3.8) is 0 Å². The van der Waals surface area contributed by atoms with Gasteiger partial charge in [-0.15, -0.1) is 10.2 Å². The number of benzene rings is 2. The molecule has 1 heterocycles. The van der Waals surface area contributed by atoms with Crippen LogP contribution in [0.5, 0.6) is 5.75 Å². The highest BCUT2D eigenvalue weighted by molar-refractivity contribution is 5.59. The fraction of sp³-hybridized carbons (Fsp3) is 0.300. The third kappa shape index (κ3) is 3.48. The molecule has 0 spiro atoms. The molecule has 0 N–H and O–H groups in total. The number of aromatic nitrogens is 2. The summed E-state index contributed by atoms with van der Waals surface area (Å²) in [5.74, 6) is 1.81. The van der Waals surface area contributed by atoms with Crippen LogP contribution in [0.25, 0.3) is 22.9 Å². The van der Waals surface area contributed by atoms with Gasteiger partial charge >= 0.3 is 0 Å².